The Kier molecular flexibility index (Phi) is 6.05. The molecular weight excluding hydrogens is 292 g/mol. The van der Waals surface area contributed by atoms with E-state index < -0.39 is 9.85 Å². The van der Waals surface area contributed by atoms with E-state index in [0.717, 1.165) is 0 Å². The van der Waals surface area contributed by atoms with Crippen molar-refractivity contribution in [2.75, 3.05) is 0 Å². The van der Waals surface area contributed by atoms with Crippen LogP contribution in [0.3, 0.4) is 0 Å². The normalized spacial score (nSPS) is 9.09. The molecule has 0 heterocycles. The minimum atomic E-state index is -0.580. The van der Waals surface area contributed by atoms with Gasteiger partial charge < -0.3 is 0 Å². The third-order valence-electron chi connectivity index (χ3n) is 2.48. The molecule has 2 aromatic rings. The number of aldehydes is 2. The number of nitro benzene ring substituents is 2. The van der Waals surface area contributed by atoms with Crippen molar-refractivity contribution in [3.63, 3.8) is 0 Å². The monoisotopic (exact) mass is 302 g/mol. The Morgan fingerprint density at radius 3 is 2.00 bits per heavy atom. The highest BCUT2D eigenvalue weighted by Gasteiger charge is 2.09. The fraction of sp³-hybridized carbons (Fsp3) is 0. The molecule has 0 atom stereocenters. The van der Waals surface area contributed by atoms with E-state index in [1.54, 1.807) is 6.07 Å². The second kappa shape index (κ2) is 8.00. The molecule has 0 saturated heterocycles. The van der Waals surface area contributed by atoms with Gasteiger partial charge >= 0.3 is 0 Å². The van der Waals surface area contributed by atoms with E-state index in [4.69, 9.17) is 0 Å². The van der Waals surface area contributed by atoms with Crippen molar-refractivity contribution in [1.82, 2.24) is 0 Å². The van der Waals surface area contributed by atoms with E-state index in [1.165, 1.54) is 42.5 Å². The van der Waals surface area contributed by atoms with Crippen molar-refractivity contribution in [3.8, 4) is 0 Å². The first-order chi connectivity index (χ1) is 10.5. The number of benzene rings is 2. The van der Waals surface area contributed by atoms with Crippen LogP contribution in [-0.2, 0) is 0 Å². The lowest BCUT2D eigenvalue weighted by molar-refractivity contribution is -0.385. The van der Waals surface area contributed by atoms with Gasteiger partial charge in [0, 0.05) is 23.8 Å². The number of nitro groups is 2. The molecular formula is C14H10N2O6. The number of carbonyl (C=O) groups excluding carboxylic acids is 2. The van der Waals surface area contributed by atoms with Crippen molar-refractivity contribution in [1.29, 1.82) is 0 Å². The minimum Gasteiger partial charge on any atom is -0.298 e. The molecule has 0 bridgehead atoms. The fourth-order valence-corrected chi connectivity index (χ4v) is 1.47. The van der Waals surface area contributed by atoms with E-state index in [9.17, 15) is 29.8 Å². The molecule has 0 saturated carbocycles. The zero-order valence-electron chi connectivity index (χ0n) is 11.1. The summed E-state index contributed by atoms with van der Waals surface area (Å²) in [6.07, 6.45) is 1.05. The van der Waals surface area contributed by atoms with Gasteiger partial charge in [-0.2, -0.15) is 0 Å². The average Bonchev–Trinajstić information content (AvgIpc) is 2.55. The molecule has 0 unspecified atom stereocenters. The van der Waals surface area contributed by atoms with Crippen LogP contribution in [0.4, 0.5) is 11.4 Å². The number of nitrogens with zero attached hydrogens (tertiary/aromatic N) is 2. The Hall–Kier alpha value is -3.42. The van der Waals surface area contributed by atoms with Gasteiger partial charge in [0.2, 0.25) is 0 Å². The van der Waals surface area contributed by atoms with Gasteiger partial charge in [-0.05, 0) is 6.07 Å². The number of non-ortho nitro benzene ring substituents is 1. The largest absolute Gasteiger partial charge is 0.298 e. The molecule has 0 fully saturated rings. The summed E-state index contributed by atoms with van der Waals surface area (Å²) < 4.78 is 0. The van der Waals surface area contributed by atoms with Gasteiger partial charge in [0.05, 0.1) is 15.4 Å². The van der Waals surface area contributed by atoms with Crippen LogP contribution in [0.2, 0.25) is 0 Å². The molecule has 8 nitrogen and oxygen atoms in total. The van der Waals surface area contributed by atoms with Crippen LogP contribution in [0, 0.1) is 20.2 Å². The van der Waals surface area contributed by atoms with Crippen LogP contribution in [0.1, 0.15) is 20.7 Å². The van der Waals surface area contributed by atoms with Crippen molar-refractivity contribution < 1.29 is 19.4 Å². The zero-order valence-corrected chi connectivity index (χ0v) is 11.1. The maximum Gasteiger partial charge on any atom is 0.279 e. The molecule has 112 valence electrons. The van der Waals surface area contributed by atoms with E-state index in [1.807, 2.05) is 0 Å². The fourth-order valence-electron chi connectivity index (χ4n) is 1.47. The maximum absolute atomic E-state index is 10.2. The molecule has 0 N–H and O–H groups in total. The molecule has 2 aromatic carbocycles. The van der Waals surface area contributed by atoms with Crippen LogP contribution < -0.4 is 0 Å². The number of para-hydroxylation sites is 1. The predicted molar refractivity (Wildman–Crippen MR) is 77.0 cm³/mol. The lowest BCUT2D eigenvalue weighted by Gasteiger charge is -1.91. The summed E-state index contributed by atoms with van der Waals surface area (Å²) in [5.41, 5.74) is 0.216. The first kappa shape index (κ1) is 16.6. The van der Waals surface area contributed by atoms with E-state index in [2.05, 4.69) is 0 Å². The molecule has 0 aliphatic carbocycles. The van der Waals surface area contributed by atoms with Crippen molar-refractivity contribution in [2.24, 2.45) is 0 Å². The van der Waals surface area contributed by atoms with Crippen LogP contribution in [-0.4, -0.2) is 22.4 Å². The highest BCUT2D eigenvalue weighted by Crippen LogP contribution is 2.14. The van der Waals surface area contributed by atoms with Gasteiger partial charge in [0.15, 0.2) is 6.29 Å². The summed E-state index contributed by atoms with van der Waals surface area (Å²) in [6, 6.07) is 11.4. The maximum atomic E-state index is 10.2. The first-order valence-electron chi connectivity index (χ1n) is 5.87. The van der Waals surface area contributed by atoms with Crippen LogP contribution in [0.5, 0.6) is 0 Å². The van der Waals surface area contributed by atoms with Crippen LogP contribution >= 0.6 is 0 Å². The lowest BCUT2D eigenvalue weighted by Crippen LogP contribution is -1.92. The Bertz CT molecular complexity index is 714. The van der Waals surface area contributed by atoms with Crippen molar-refractivity contribution in [2.45, 2.75) is 0 Å². The second-order valence-corrected chi connectivity index (χ2v) is 3.90. The highest BCUT2D eigenvalue weighted by molar-refractivity contribution is 5.81. The lowest BCUT2D eigenvalue weighted by atomic mass is 10.2. The molecule has 2 rings (SSSR count). The summed E-state index contributed by atoms with van der Waals surface area (Å²) in [6.45, 7) is 0. The molecule has 0 aliphatic heterocycles. The van der Waals surface area contributed by atoms with Crippen molar-refractivity contribution in [3.05, 3.63) is 79.9 Å². The van der Waals surface area contributed by atoms with Crippen molar-refractivity contribution >= 4 is 23.9 Å². The molecule has 22 heavy (non-hydrogen) atoms. The molecule has 8 heteroatoms. The Balaban J connectivity index is 0.000000220. The standard InChI is InChI=1S/2C7H5NO3/c9-5-6-2-1-3-7(4-6)8(10)11;9-5-6-3-1-2-4-7(6)8(10)11/h2*1-5H. The number of hydrogen-bond acceptors (Lipinski definition) is 6. The summed E-state index contributed by atoms with van der Waals surface area (Å²) in [5, 5.41) is 20.4. The van der Waals surface area contributed by atoms with Crippen LogP contribution in [0.15, 0.2) is 48.5 Å². The topological polar surface area (TPSA) is 120 Å². The van der Waals surface area contributed by atoms with E-state index in [0.29, 0.717) is 18.1 Å². The van der Waals surface area contributed by atoms with E-state index in [-0.39, 0.29) is 16.9 Å². The Morgan fingerprint density at radius 2 is 1.50 bits per heavy atom. The van der Waals surface area contributed by atoms with Gasteiger partial charge in [-0.1, -0.05) is 24.3 Å². The highest BCUT2D eigenvalue weighted by atomic mass is 16.6. The van der Waals surface area contributed by atoms with Gasteiger partial charge in [-0.25, -0.2) is 0 Å². The molecule has 0 aromatic heterocycles. The molecule has 0 amide bonds. The Labute approximate surface area is 124 Å². The van der Waals surface area contributed by atoms with Gasteiger partial charge in [-0.3, -0.25) is 29.8 Å². The number of hydrogen-bond donors (Lipinski definition) is 0. The summed E-state index contributed by atoms with van der Waals surface area (Å²) in [7, 11) is 0. The smallest absolute Gasteiger partial charge is 0.279 e. The average molecular weight is 302 g/mol. The van der Waals surface area contributed by atoms with Gasteiger partial charge in [0.1, 0.15) is 6.29 Å². The molecule has 0 radical (unpaired) electrons. The molecule has 0 spiro atoms. The Morgan fingerprint density at radius 1 is 0.818 bits per heavy atom. The van der Waals surface area contributed by atoms with Gasteiger partial charge in [0.25, 0.3) is 11.4 Å². The zero-order chi connectivity index (χ0) is 16.5. The summed E-state index contributed by atoms with van der Waals surface area (Å²) in [4.78, 5) is 39.7. The van der Waals surface area contributed by atoms with Gasteiger partial charge in [-0.15, -0.1) is 0 Å². The second-order valence-electron chi connectivity index (χ2n) is 3.90. The molecule has 0 aliphatic rings. The van der Waals surface area contributed by atoms with E-state index >= 15 is 0 Å². The SMILES string of the molecule is O=Cc1cccc([N+](=O)[O-])c1.O=Cc1ccccc1[N+](=O)[O-]. The first-order valence-corrected chi connectivity index (χ1v) is 5.87. The third-order valence-corrected chi connectivity index (χ3v) is 2.48. The number of carbonyl (C=O) groups is 2. The van der Waals surface area contributed by atoms with Crippen LogP contribution in [0.25, 0.3) is 0 Å². The summed E-state index contributed by atoms with van der Waals surface area (Å²) >= 11 is 0. The third kappa shape index (κ3) is 4.60. The summed E-state index contributed by atoms with van der Waals surface area (Å²) in [5.74, 6) is 0. The predicted octanol–water partition coefficient (Wildman–Crippen LogP) is 2.81. The number of rotatable bonds is 4. The minimum absolute atomic E-state index is 0.0606. The quantitative estimate of drug-likeness (QED) is 0.486.